The molecule has 2 N–H and O–H groups in total. The first-order valence-corrected chi connectivity index (χ1v) is 5.86. The summed E-state index contributed by atoms with van der Waals surface area (Å²) in [5.74, 6) is -0.177. The molecule has 0 saturated heterocycles. The Hall–Kier alpha value is -1.34. The fraction of sp³-hybridized carbons (Fsp3) is 0.125. The first kappa shape index (κ1) is 10.2. The smallest absolute Gasteiger partial charge is 0.345 e. The minimum atomic E-state index is -0.879. The van der Waals surface area contributed by atoms with Gasteiger partial charge in [-0.2, -0.15) is 5.10 Å². The Balaban J connectivity index is 1.96. The number of aromatic carboxylic acids is 1. The number of carboxylic acids is 1. The van der Waals surface area contributed by atoms with E-state index < -0.39 is 5.97 Å². The molecule has 15 heavy (non-hydrogen) atoms. The summed E-state index contributed by atoms with van der Waals surface area (Å²) in [6.45, 7) is 0. The standard InChI is InChI=1S/C8H7N3O2S2/c12-7(13)6-2-1-5(15-6)3-14-8-9-4-10-11-8/h1-2,4H,3H2,(H,12,13)(H,9,10,11). The lowest BCUT2D eigenvalue weighted by Gasteiger charge is -1.92. The molecule has 0 atom stereocenters. The maximum atomic E-state index is 10.6. The molecule has 0 amide bonds. The van der Waals surface area contributed by atoms with Crippen molar-refractivity contribution in [3.05, 3.63) is 28.2 Å². The van der Waals surface area contributed by atoms with Crippen molar-refractivity contribution in [2.45, 2.75) is 10.9 Å². The zero-order chi connectivity index (χ0) is 10.7. The van der Waals surface area contributed by atoms with E-state index >= 15 is 0 Å². The monoisotopic (exact) mass is 241 g/mol. The number of aromatic nitrogens is 3. The summed E-state index contributed by atoms with van der Waals surface area (Å²) in [5.41, 5.74) is 0. The molecule has 0 aromatic carbocycles. The van der Waals surface area contributed by atoms with E-state index in [1.165, 1.54) is 29.4 Å². The molecule has 0 spiro atoms. The molecule has 5 nitrogen and oxygen atoms in total. The third-order valence-electron chi connectivity index (χ3n) is 1.62. The topological polar surface area (TPSA) is 78.9 Å². The number of hydrogen-bond donors (Lipinski definition) is 2. The number of rotatable bonds is 4. The number of hydrogen-bond acceptors (Lipinski definition) is 5. The highest BCUT2D eigenvalue weighted by molar-refractivity contribution is 7.98. The summed E-state index contributed by atoms with van der Waals surface area (Å²) in [5, 5.41) is 15.9. The lowest BCUT2D eigenvalue weighted by molar-refractivity contribution is 0.0702. The second-order valence-electron chi connectivity index (χ2n) is 2.65. The van der Waals surface area contributed by atoms with Crippen LogP contribution in [0.1, 0.15) is 14.5 Å². The van der Waals surface area contributed by atoms with Crippen LogP contribution in [0.15, 0.2) is 23.6 Å². The highest BCUT2D eigenvalue weighted by Crippen LogP contribution is 2.24. The third kappa shape index (κ3) is 2.57. The predicted octanol–water partition coefficient (Wildman–Crippen LogP) is 1.86. The van der Waals surface area contributed by atoms with Crippen LogP contribution in [0.2, 0.25) is 0 Å². The van der Waals surface area contributed by atoms with Gasteiger partial charge < -0.3 is 5.11 Å². The molecular weight excluding hydrogens is 234 g/mol. The molecule has 0 saturated carbocycles. The van der Waals surface area contributed by atoms with Gasteiger partial charge in [0.25, 0.3) is 0 Å². The molecule has 0 aliphatic heterocycles. The summed E-state index contributed by atoms with van der Waals surface area (Å²) in [6.07, 6.45) is 1.44. The van der Waals surface area contributed by atoms with E-state index in [0.29, 0.717) is 10.6 Å². The summed E-state index contributed by atoms with van der Waals surface area (Å²) in [4.78, 5) is 16.0. The molecule has 2 heterocycles. The SMILES string of the molecule is O=C(O)c1ccc(CSc2ncn[nH]2)s1. The van der Waals surface area contributed by atoms with Crippen LogP contribution < -0.4 is 0 Å². The molecule has 0 radical (unpaired) electrons. The van der Waals surface area contributed by atoms with Crippen molar-refractivity contribution < 1.29 is 9.90 Å². The summed E-state index contributed by atoms with van der Waals surface area (Å²) in [7, 11) is 0. The molecule has 0 fully saturated rings. The summed E-state index contributed by atoms with van der Waals surface area (Å²) in [6, 6.07) is 3.43. The predicted molar refractivity (Wildman–Crippen MR) is 57.2 cm³/mol. The van der Waals surface area contributed by atoms with Crippen molar-refractivity contribution in [2.75, 3.05) is 0 Å². The molecule has 0 aliphatic rings. The van der Waals surface area contributed by atoms with E-state index in [-0.39, 0.29) is 0 Å². The van der Waals surface area contributed by atoms with Crippen molar-refractivity contribution in [3.8, 4) is 0 Å². The third-order valence-corrected chi connectivity index (χ3v) is 3.80. The fourth-order valence-corrected chi connectivity index (χ4v) is 2.64. The van der Waals surface area contributed by atoms with Gasteiger partial charge in [-0.05, 0) is 12.1 Å². The van der Waals surface area contributed by atoms with Crippen LogP contribution in [0.4, 0.5) is 0 Å². The van der Waals surface area contributed by atoms with E-state index in [2.05, 4.69) is 15.2 Å². The molecule has 78 valence electrons. The van der Waals surface area contributed by atoms with Gasteiger partial charge in [0, 0.05) is 10.6 Å². The molecule has 2 rings (SSSR count). The number of carbonyl (C=O) groups is 1. The molecule has 7 heteroatoms. The quantitative estimate of drug-likeness (QED) is 0.799. The second kappa shape index (κ2) is 4.45. The van der Waals surface area contributed by atoms with Crippen molar-refractivity contribution in [1.82, 2.24) is 15.2 Å². The molecule has 0 unspecified atom stereocenters. The lowest BCUT2D eigenvalue weighted by atomic mass is 10.4. The van der Waals surface area contributed by atoms with Crippen molar-refractivity contribution in [2.24, 2.45) is 0 Å². The number of thiophene rings is 1. The van der Waals surface area contributed by atoms with Gasteiger partial charge in [0.05, 0.1) is 0 Å². The van der Waals surface area contributed by atoms with Gasteiger partial charge >= 0.3 is 5.97 Å². The van der Waals surface area contributed by atoms with E-state index in [9.17, 15) is 4.79 Å². The number of H-pyrrole nitrogens is 1. The van der Waals surface area contributed by atoms with Crippen LogP contribution >= 0.6 is 23.1 Å². The molecular formula is C8H7N3O2S2. The van der Waals surface area contributed by atoms with Gasteiger partial charge in [0.15, 0.2) is 5.16 Å². The normalized spacial score (nSPS) is 10.4. The number of aromatic amines is 1. The van der Waals surface area contributed by atoms with Crippen molar-refractivity contribution in [3.63, 3.8) is 0 Å². The van der Waals surface area contributed by atoms with Crippen LogP contribution in [0.3, 0.4) is 0 Å². The Morgan fingerprint density at radius 1 is 1.60 bits per heavy atom. The maximum Gasteiger partial charge on any atom is 0.345 e. The Bertz CT molecular complexity index is 452. The Morgan fingerprint density at radius 3 is 3.07 bits per heavy atom. The highest BCUT2D eigenvalue weighted by Gasteiger charge is 2.07. The summed E-state index contributed by atoms with van der Waals surface area (Å²) >= 11 is 2.77. The van der Waals surface area contributed by atoms with E-state index in [4.69, 9.17) is 5.11 Å². The first-order chi connectivity index (χ1) is 7.25. The lowest BCUT2D eigenvalue weighted by Crippen LogP contribution is -1.89. The van der Waals surface area contributed by atoms with E-state index in [1.54, 1.807) is 6.07 Å². The van der Waals surface area contributed by atoms with Crippen LogP contribution in [0.25, 0.3) is 0 Å². The van der Waals surface area contributed by atoms with Crippen LogP contribution in [-0.4, -0.2) is 26.3 Å². The molecule has 0 aliphatic carbocycles. The Kier molecular flexibility index (Phi) is 3.02. The number of nitrogens with zero attached hydrogens (tertiary/aromatic N) is 2. The fourth-order valence-electron chi connectivity index (χ4n) is 0.974. The van der Waals surface area contributed by atoms with Gasteiger partial charge in [0.2, 0.25) is 0 Å². The van der Waals surface area contributed by atoms with Gasteiger partial charge in [0.1, 0.15) is 11.2 Å². The zero-order valence-corrected chi connectivity index (χ0v) is 9.14. The largest absolute Gasteiger partial charge is 0.477 e. The van der Waals surface area contributed by atoms with Crippen LogP contribution in [0.5, 0.6) is 0 Å². The first-order valence-electron chi connectivity index (χ1n) is 4.06. The molecule has 2 aromatic rings. The van der Waals surface area contributed by atoms with Crippen LogP contribution in [-0.2, 0) is 5.75 Å². The summed E-state index contributed by atoms with van der Waals surface area (Å²) < 4.78 is 0. The minimum absolute atomic E-state index is 0.364. The minimum Gasteiger partial charge on any atom is -0.477 e. The maximum absolute atomic E-state index is 10.6. The number of carboxylic acid groups (broad SMARTS) is 1. The van der Waals surface area contributed by atoms with Gasteiger partial charge in [-0.25, -0.2) is 9.78 Å². The zero-order valence-electron chi connectivity index (χ0n) is 7.51. The average Bonchev–Trinajstić information content (AvgIpc) is 2.86. The molecule has 2 aromatic heterocycles. The Labute approximate surface area is 93.6 Å². The van der Waals surface area contributed by atoms with Crippen molar-refractivity contribution >= 4 is 29.1 Å². The van der Waals surface area contributed by atoms with E-state index in [1.807, 2.05) is 6.07 Å². The van der Waals surface area contributed by atoms with Crippen LogP contribution in [0, 0.1) is 0 Å². The second-order valence-corrected chi connectivity index (χ2v) is 4.78. The number of nitrogens with one attached hydrogen (secondary N) is 1. The van der Waals surface area contributed by atoms with Gasteiger partial charge in [-0.1, -0.05) is 11.8 Å². The number of thioether (sulfide) groups is 1. The van der Waals surface area contributed by atoms with Crippen molar-refractivity contribution in [1.29, 1.82) is 0 Å². The highest BCUT2D eigenvalue weighted by atomic mass is 32.2. The van der Waals surface area contributed by atoms with Gasteiger partial charge in [-0.3, -0.25) is 5.10 Å². The van der Waals surface area contributed by atoms with Gasteiger partial charge in [-0.15, -0.1) is 11.3 Å². The van der Waals surface area contributed by atoms with E-state index in [0.717, 1.165) is 10.0 Å². The molecule has 0 bridgehead atoms. The Morgan fingerprint density at radius 2 is 2.47 bits per heavy atom. The average molecular weight is 241 g/mol.